The van der Waals surface area contributed by atoms with Crippen LogP contribution in [0.15, 0.2) is 72.8 Å². The molecule has 1 aliphatic rings. The number of carbonyl (C=O) groups is 1. The lowest BCUT2D eigenvalue weighted by molar-refractivity contribution is 0.0943. The minimum absolute atomic E-state index is 0.167. The van der Waals surface area contributed by atoms with Gasteiger partial charge in [0.05, 0.1) is 11.4 Å². The van der Waals surface area contributed by atoms with E-state index in [0.717, 1.165) is 5.56 Å². The van der Waals surface area contributed by atoms with Gasteiger partial charge in [-0.25, -0.2) is 13.5 Å². The molecule has 0 saturated heterocycles. The van der Waals surface area contributed by atoms with Gasteiger partial charge in [-0.1, -0.05) is 18.2 Å². The van der Waals surface area contributed by atoms with E-state index in [1.807, 2.05) is 6.07 Å². The monoisotopic (exact) mass is 433 g/mol. The molecule has 1 aliphatic heterocycles. The van der Waals surface area contributed by atoms with Gasteiger partial charge in [-0.3, -0.25) is 4.79 Å². The van der Waals surface area contributed by atoms with Gasteiger partial charge in [0, 0.05) is 12.1 Å². The Morgan fingerprint density at radius 2 is 1.75 bits per heavy atom. The van der Waals surface area contributed by atoms with Crippen LogP contribution in [0.1, 0.15) is 16.1 Å². The molecule has 1 aromatic heterocycles. The fraction of sp³-hybridized carbons (Fsp3) is 0.0833. The molecular weight excluding hydrogens is 416 g/mol. The van der Waals surface area contributed by atoms with Crippen LogP contribution in [0.25, 0.3) is 16.9 Å². The number of hydrogen-bond donors (Lipinski definition) is 1. The van der Waals surface area contributed by atoms with Crippen molar-refractivity contribution in [3.63, 3.8) is 0 Å². The highest BCUT2D eigenvalue weighted by Gasteiger charge is 2.20. The summed E-state index contributed by atoms with van der Waals surface area (Å²) in [5.74, 6) is -0.00590. The van der Waals surface area contributed by atoms with Crippen molar-refractivity contribution in [2.24, 2.45) is 0 Å². The zero-order chi connectivity index (χ0) is 22.1. The third-order valence-corrected chi connectivity index (χ3v) is 5.05. The van der Waals surface area contributed by atoms with E-state index in [-0.39, 0.29) is 24.6 Å². The van der Waals surface area contributed by atoms with E-state index in [9.17, 15) is 13.6 Å². The number of ether oxygens (including phenoxy) is 2. The maximum absolute atomic E-state index is 14.3. The van der Waals surface area contributed by atoms with Gasteiger partial charge < -0.3 is 14.8 Å². The SMILES string of the molecule is O=C(NCc1ccc2c(c1)OCO2)c1cc(-c2ccccc2F)nn1-c1ccc(F)cc1. The lowest BCUT2D eigenvalue weighted by Gasteiger charge is -2.09. The first-order chi connectivity index (χ1) is 15.6. The van der Waals surface area contributed by atoms with E-state index in [4.69, 9.17) is 9.47 Å². The van der Waals surface area contributed by atoms with Crippen LogP contribution in [0.4, 0.5) is 8.78 Å². The number of rotatable bonds is 5. The van der Waals surface area contributed by atoms with Crippen molar-refractivity contribution in [1.29, 1.82) is 0 Å². The topological polar surface area (TPSA) is 65.4 Å². The van der Waals surface area contributed by atoms with Gasteiger partial charge in [-0.2, -0.15) is 5.10 Å². The molecule has 1 amide bonds. The van der Waals surface area contributed by atoms with Crippen LogP contribution >= 0.6 is 0 Å². The summed E-state index contributed by atoms with van der Waals surface area (Å²) in [4.78, 5) is 13.0. The average molecular weight is 433 g/mol. The second-order valence-corrected chi connectivity index (χ2v) is 7.15. The molecule has 8 heteroatoms. The Bertz CT molecular complexity index is 1300. The fourth-order valence-electron chi connectivity index (χ4n) is 3.45. The smallest absolute Gasteiger partial charge is 0.270 e. The fourth-order valence-corrected chi connectivity index (χ4v) is 3.45. The number of aromatic nitrogens is 2. The highest BCUT2D eigenvalue weighted by atomic mass is 19.1. The second-order valence-electron chi connectivity index (χ2n) is 7.15. The summed E-state index contributed by atoms with van der Waals surface area (Å²) < 4.78 is 39.8. The summed E-state index contributed by atoms with van der Waals surface area (Å²) in [5.41, 5.74) is 2.04. The maximum atomic E-state index is 14.3. The van der Waals surface area contributed by atoms with Crippen molar-refractivity contribution in [3.8, 4) is 28.4 Å². The standard InChI is InChI=1S/C24H17F2N3O3/c25-16-6-8-17(9-7-16)29-21(12-20(28-29)18-3-1-2-4-19(18)26)24(30)27-13-15-5-10-22-23(11-15)32-14-31-22/h1-12H,13-14H2,(H,27,30). The highest BCUT2D eigenvalue weighted by Crippen LogP contribution is 2.32. The average Bonchev–Trinajstić information content (AvgIpc) is 3.45. The van der Waals surface area contributed by atoms with Gasteiger partial charge in [-0.05, 0) is 60.2 Å². The molecule has 0 spiro atoms. The van der Waals surface area contributed by atoms with Gasteiger partial charge in [0.1, 0.15) is 17.3 Å². The number of nitrogens with one attached hydrogen (secondary N) is 1. The van der Waals surface area contributed by atoms with Crippen LogP contribution in [0, 0.1) is 11.6 Å². The van der Waals surface area contributed by atoms with Crippen LogP contribution in [0.3, 0.4) is 0 Å². The number of benzene rings is 3. The minimum atomic E-state index is -0.455. The molecule has 6 nitrogen and oxygen atoms in total. The first-order valence-electron chi connectivity index (χ1n) is 9.86. The molecule has 3 aromatic carbocycles. The zero-order valence-corrected chi connectivity index (χ0v) is 16.7. The third kappa shape index (κ3) is 3.78. The Hall–Kier alpha value is -4.20. The largest absolute Gasteiger partial charge is 0.454 e. The van der Waals surface area contributed by atoms with Crippen molar-refractivity contribution in [2.45, 2.75) is 6.54 Å². The van der Waals surface area contributed by atoms with Crippen molar-refractivity contribution in [2.75, 3.05) is 6.79 Å². The predicted molar refractivity (Wildman–Crippen MR) is 113 cm³/mol. The van der Waals surface area contributed by atoms with Crippen molar-refractivity contribution in [3.05, 3.63) is 95.7 Å². The number of nitrogens with zero attached hydrogens (tertiary/aromatic N) is 2. The quantitative estimate of drug-likeness (QED) is 0.504. The molecule has 0 unspecified atom stereocenters. The van der Waals surface area contributed by atoms with E-state index < -0.39 is 17.5 Å². The molecule has 4 aromatic rings. The summed E-state index contributed by atoms with van der Waals surface area (Å²) in [5, 5.41) is 7.26. The molecule has 160 valence electrons. The first-order valence-corrected chi connectivity index (χ1v) is 9.86. The van der Waals surface area contributed by atoms with Gasteiger partial charge in [0.15, 0.2) is 11.5 Å². The van der Waals surface area contributed by atoms with E-state index >= 15 is 0 Å². The normalized spacial score (nSPS) is 12.1. The van der Waals surface area contributed by atoms with E-state index in [0.29, 0.717) is 22.9 Å². The number of halogens is 2. The summed E-state index contributed by atoms with van der Waals surface area (Å²) in [6, 6.07) is 18.6. The van der Waals surface area contributed by atoms with Crippen LogP contribution in [-0.4, -0.2) is 22.5 Å². The number of carbonyl (C=O) groups excluding carboxylic acids is 1. The molecule has 0 saturated carbocycles. The number of amides is 1. The number of fused-ring (bicyclic) bond motifs is 1. The molecule has 0 fully saturated rings. The highest BCUT2D eigenvalue weighted by molar-refractivity contribution is 5.94. The van der Waals surface area contributed by atoms with Gasteiger partial charge in [-0.15, -0.1) is 0 Å². The molecular formula is C24H17F2N3O3. The Balaban J connectivity index is 1.46. The second kappa shape index (κ2) is 8.14. The summed E-state index contributed by atoms with van der Waals surface area (Å²) in [6.45, 7) is 0.403. The van der Waals surface area contributed by atoms with Gasteiger partial charge >= 0.3 is 0 Å². The molecule has 0 radical (unpaired) electrons. The predicted octanol–water partition coefficient (Wildman–Crippen LogP) is 4.48. The molecule has 0 atom stereocenters. The summed E-state index contributed by atoms with van der Waals surface area (Å²) in [7, 11) is 0. The zero-order valence-electron chi connectivity index (χ0n) is 16.7. The van der Waals surface area contributed by atoms with Crippen LogP contribution in [0.5, 0.6) is 11.5 Å². The molecule has 0 bridgehead atoms. The van der Waals surface area contributed by atoms with Crippen LogP contribution in [0.2, 0.25) is 0 Å². The Morgan fingerprint density at radius 3 is 2.56 bits per heavy atom. The van der Waals surface area contributed by atoms with Crippen molar-refractivity contribution in [1.82, 2.24) is 15.1 Å². The first kappa shape index (κ1) is 19.7. The van der Waals surface area contributed by atoms with Crippen molar-refractivity contribution >= 4 is 5.91 Å². The molecule has 5 rings (SSSR count). The maximum Gasteiger partial charge on any atom is 0.270 e. The van der Waals surface area contributed by atoms with Gasteiger partial charge in [0.2, 0.25) is 6.79 Å². The van der Waals surface area contributed by atoms with Crippen LogP contribution in [-0.2, 0) is 6.54 Å². The van der Waals surface area contributed by atoms with Gasteiger partial charge in [0.25, 0.3) is 5.91 Å². The minimum Gasteiger partial charge on any atom is -0.454 e. The molecule has 0 aliphatic carbocycles. The van der Waals surface area contributed by atoms with E-state index in [1.54, 1.807) is 30.3 Å². The molecule has 1 N–H and O–H groups in total. The molecule has 2 heterocycles. The van der Waals surface area contributed by atoms with Crippen LogP contribution < -0.4 is 14.8 Å². The van der Waals surface area contributed by atoms with Crippen molar-refractivity contribution < 1.29 is 23.0 Å². The summed E-state index contributed by atoms with van der Waals surface area (Å²) >= 11 is 0. The van der Waals surface area contributed by atoms with E-state index in [1.165, 1.54) is 41.1 Å². The lowest BCUT2D eigenvalue weighted by atomic mass is 10.1. The Morgan fingerprint density at radius 1 is 0.969 bits per heavy atom. The summed E-state index contributed by atoms with van der Waals surface area (Å²) in [6.07, 6.45) is 0. The lowest BCUT2D eigenvalue weighted by Crippen LogP contribution is -2.25. The Kier molecular flexibility index (Phi) is 5.03. The third-order valence-electron chi connectivity index (χ3n) is 5.05. The Labute approximate surface area is 182 Å². The number of hydrogen-bond acceptors (Lipinski definition) is 4. The van der Waals surface area contributed by atoms with E-state index in [2.05, 4.69) is 10.4 Å². The molecule has 32 heavy (non-hydrogen) atoms.